The highest BCUT2D eigenvalue weighted by molar-refractivity contribution is 14.1. The maximum absolute atomic E-state index is 13.9. The normalized spacial score (nSPS) is 12.3. The van der Waals surface area contributed by atoms with E-state index in [-0.39, 0.29) is 26.9 Å². The Bertz CT molecular complexity index is 1880. The molecule has 0 atom stereocenters. The molecular formula is C25H17F3IN3O5S. The van der Waals surface area contributed by atoms with E-state index in [1.54, 1.807) is 42.5 Å². The van der Waals surface area contributed by atoms with Crippen molar-refractivity contribution >= 4 is 54.6 Å². The highest BCUT2D eigenvalue weighted by Crippen LogP contribution is 2.38. The number of halogens is 4. The molecule has 0 aliphatic carbocycles. The topological polar surface area (TPSA) is 103 Å². The number of imidazole rings is 1. The molecule has 0 amide bonds. The summed E-state index contributed by atoms with van der Waals surface area (Å²) in [6.45, 7) is -0.0283. The number of methoxy groups -OCH3 is 1. The summed E-state index contributed by atoms with van der Waals surface area (Å²) in [5.74, 6) is -0.934. The molecule has 2 heterocycles. The van der Waals surface area contributed by atoms with E-state index in [0.29, 0.717) is 20.4 Å². The Morgan fingerprint density at radius 2 is 1.71 bits per heavy atom. The smallest absolute Gasteiger partial charge is 0.506 e. The monoisotopic (exact) mass is 655 g/mol. The van der Waals surface area contributed by atoms with Gasteiger partial charge in [0.2, 0.25) is 0 Å². The number of aromatic nitrogens is 3. The van der Waals surface area contributed by atoms with Gasteiger partial charge in [-0.2, -0.15) is 21.6 Å². The van der Waals surface area contributed by atoms with Crippen LogP contribution < -0.4 is 10.3 Å². The first-order chi connectivity index (χ1) is 17.9. The summed E-state index contributed by atoms with van der Waals surface area (Å²) in [5.41, 5.74) is -6.82. The Morgan fingerprint density at radius 1 is 1.03 bits per heavy atom. The van der Waals surface area contributed by atoms with Gasteiger partial charge in [-0.05, 0) is 70.6 Å². The Labute approximate surface area is 227 Å². The van der Waals surface area contributed by atoms with Crippen LogP contribution in [0.2, 0.25) is 0 Å². The van der Waals surface area contributed by atoms with Crippen molar-refractivity contribution in [2.75, 3.05) is 7.11 Å². The molecule has 0 saturated heterocycles. The van der Waals surface area contributed by atoms with Crippen LogP contribution in [-0.4, -0.2) is 39.7 Å². The molecule has 5 aromatic rings. The van der Waals surface area contributed by atoms with Crippen LogP contribution in [0.4, 0.5) is 13.2 Å². The Balaban J connectivity index is 1.88. The van der Waals surface area contributed by atoms with Crippen LogP contribution in [0.15, 0.2) is 71.5 Å². The van der Waals surface area contributed by atoms with Crippen molar-refractivity contribution < 1.29 is 31.4 Å². The predicted octanol–water partition coefficient (Wildman–Crippen LogP) is 5.08. The Hall–Kier alpha value is -3.59. The van der Waals surface area contributed by atoms with Crippen molar-refractivity contribution in [3.8, 4) is 22.9 Å². The average Bonchev–Trinajstić information content (AvgIpc) is 3.26. The molecule has 0 bridgehead atoms. The molecule has 2 aromatic heterocycles. The van der Waals surface area contributed by atoms with Crippen molar-refractivity contribution in [2.45, 2.75) is 12.1 Å². The third kappa shape index (κ3) is 4.18. The molecule has 8 nitrogen and oxygen atoms in total. The van der Waals surface area contributed by atoms with Gasteiger partial charge < -0.3 is 14.4 Å². The molecule has 0 unspecified atom stereocenters. The molecule has 38 heavy (non-hydrogen) atoms. The standard InChI is InChI=1S/C25H17F3IN3O5S/c1-37-16-9-6-14(7-10-16)13-31-19-11-8-15(29)12-17(19)22(33)21(24(31)34)23-30-18-4-2-3-5-20(18)32(23)38(35,36)25(26,27)28/h2-12,33H,13H2,1H3. The number of rotatable bonds is 5. The zero-order chi connectivity index (χ0) is 27.4. The van der Waals surface area contributed by atoms with Crippen molar-refractivity contribution in [3.05, 3.63) is 86.2 Å². The molecule has 13 heteroatoms. The molecule has 0 aliphatic heterocycles. The molecule has 3 aromatic carbocycles. The van der Waals surface area contributed by atoms with Crippen LogP contribution in [0.5, 0.6) is 11.5 Å². The largest absolute Gasteiger partial charge is 0.517 e. The van der Waals surface area contributed by atoms with Gasteiger partial charge in [-0.3, -0.25) is 4.79 Å². The van der Waals surface area contributed by atoms with E-state index in [4.69, 9.17) is 4.74 Å². The molecule has 1 N–H and O–H groups in total. The van der Waals surface area contributed by atoms with Crippen LogP contribution in [0.1, 0.15) is 5.56 Å². The number of aromatic hydroxyl groups is 1. The second-order valence-electron chi connectivity index (χ2n) is 8.26. The van der Waals surface area contributed by atoms with E-state index in [2.05, 4.69) is 4.98 Å². The number of hydrogen-bond acceptors (Lipinski definition) is 6. The van der Waals surface area contributed by atoms with Gasteiger partial charge in [-0.25, -0.2) is 8.96 Å². The maximum atomic E-state index is 13.9. The van der Waals surface area contributed by atoms with Gasteiger partial charge in [0.25, 0.3) is 5.56 Å². The van der Waals surface area contributed by atoms with E-state index in [1.807, 2.05) is 22.6 Å². The van der Waals surface area contributed by atoms with Crippen molar-refractivity contribution in [1.82, 2.24) is 13.5 Å². The van der Waals surface area contributed by atoms with E-state index >= 15 is 0 Å². The van der Waals surface area contributed by atoms with Crippen molar-refractivity contribution in [1.29, 1.82) is 0 Å². The van der Waals surface area contributed by atoms with Crippen molar-refractivity contribution in [2.24, 2.45) is 0 Å². The van der Waals surface area contributed by atoms with Crippen LogP contribution in [0.3, 0.4) is 0 Å². The fourth-order valence-corrected chi connectivity index (χ4v) is 5.67. The summed E-state index contributed by atoms with van der Waals surface area (Å²) in [6.07, 6.45) is 0. The lowest BCUT2D eigenvalue weighted by Crippen LogP contribution is -2.31. The van der Waals surface area contributed by atoms with E-state index in [9.17, 15) is 31.5 Å². The minimum atomic E-state index is -6.03. The fraction of sp³-hybridized carbons (Fsp3) is 0.120. The van der Waals surface area contributed by atoms with Gasteiger partial charge in [-0.1, -0.05) is 24.3 Å². The summed E-state index contributed by atoms with van der Waals surface area (Å²) in [4.78, 5) is 17.9. The molecule has 0 saturated carbocycles. The summed E-state index contributed by atoms with van der Waals surface area (Å²) in [5, 5.41) is 11.4. The minimum Gasteiger partial charge on any atom is -0.506 e. The quantitative estimate of drug-likeness (QED) is 0.265. The van der Waals surface area contributed by atoms with Gasteiger partial charge >= 0.3 is 15.5 Å². The molecule has 0 spiro atoms. The SMILES string of the molecule is COc1ccc(Cn2c(=O)c(-c3nc4ccccc4n3S(=O)(=O)C(F)(F)F)c(O)c3cc(I)ccc32)cc1. The van der Waals surface area contributed by atoms with E-state index in [0.717, 1.165) is 6.07 Å². The van der Waals surface area contributed by atoms with Gasteiger partial charge in [0.15, 0.2) is 5.82 Å². The Kier molecular flexibility index (Phi) is 6.38. The first-order valence-electron chi connectivity index (χ1n) is 10.9. The lowest BCUT2D eigenvalue weighted by molar-refractivity contribution is -0.0444. The molecule has 0 radical (unpaired) electrons. The highest BCUT2D eigenvalue weighted by Gasteiger charge is 2.49. The molecule has 0 fully saturated rings. The summed E-state index contributed by atoms with van der Waals surface area (Å²) in [7, 11) is -4.53. The Morgan fingerprint density at radius 3 is 2.37 bits per heavy atom. The summed E-state index contributed by atoms with van der Waals surface area (Å²) >= 11 is 1.99. The summed E-state index contributed by atoms with van der Waals surface area (Å²) < 4.78 is 73.7. The van der Waals surface area contributed by atoms with Crippen LogP contribution in [-0.2, 0) is 16.6 Å². The van der Waals surface area contributed by atoms with Crippen LogP contribution in [0, 0.1) is 3.57 Å². The van der Waals surface area contributed by atoms with Gasteiger partial charge in [0, 0.05) is 8.96 Å². The second-order valence-corrected chi connectivity index (χ2v) is 11.3. The summed E-state index contributed by atoms with van der Waals surface area (Å²) in [6, 6.07) is 16.9. The number of hydrogen-bond donors (Lipinski definition) is 1. The first kappa shape index (κ1) is 26.0. The first-order valence-corrected chi connectivity index (χ1v) is 13.4. The maximum Gasteiger partial charge on any atom is 0.517 e. The van der Waals surface area contributed by atoms with E-state index in [1.165, 1.54) is 29.9 Å². The lowest BCUT2D eigenvalue weighted by Gasteiger charge is -2.17. The fourth-order valence-electron chi connectivity index (χ4n) is 4.19. The molecule has 0 aliphatic rings. The predicted molar refractivity (Wildman–Crippen MR) is 144 cm³/mol. The molecule has 5 rings (SSSR count). The number of alkyl halides is 3. The van der Waals surface area contributed by atoms with Gasteiger partial charge in [0.05, 0.1) is 30.2 Å². The third-order valence-electron chi connectivity index (χ3n) is 5.98. The minimum absolute atomic E-state index is 0.0283. The number of pyridine rings is 1. The molecular weight excluding hydrogens is 638 g/mol. The van der Waals surface area contributed by atoms with Gasteiger partial charge in [0.1, 0.15) is 17.1 Å². The highest BCUT2D eigenvalue weighted by atomic mass is 127. The lowest BCUT2D eigenvalue weighted by atomic mass is 10.1. The number of para-hydroxylation sites is 2. The number of nitrogens with zero attached hydrogens (tertiary/aromatic N) is 3. The number of benzene rings is 3. The van der Waals surface area contributed by atoms with Crippen LogP contribution >= 0.6 is 22.6 Å². The van der Waals surface area contributed by atoms with Crippen LogP contribution in [0.25, 0.3) is 33.3 Å². The zero-order valence-corrected chi connectivity index (χ0v) is 22.4. The molecule has 196 valence electrons. The number of ether oxygens (including phenoxy) is 1. The third-order valence-corrected chi connectivity index (χ3v) is 8.08. The second kappa shape index (κ2) is 9.31. The average molecular weight is 655 g/mol. The van der Waals surface area contributed by atoms with Gasteiger partial charge in [-0.15, -0.1) is 0 Å². The number of fused-ring (bicyclic) bond motifs is 2. The van der Waals surface area contributed by atoms with Crippen molar-refractivity contribution in [3.63, 3.8) is 0 Å². The zero-order valence-electron chi connectivity index (χ0n) is 19.4. The van der Waals surface area contributed by atoms with E-state index < -0.39 is 38.2 Å².